The minimum absolute atomic E-state index is 0.00703. The summed E-state index contributed by atoms with van der Waals surface area (Å²) in [5.74, 6) is 0.105. The van der Waals surface area contributed by atoms with Gasteiger partial charge < -0.3 is 14.6 Å². The van der Waals surface area contributed by atoms with E-state index in [4.69, 9.17) is 4.98 Å². The highest BCUT2D eigenvalue weighted by Gasteiger charge is 2.46. The van der Waals surface area contributed by atoms with Gasteiger partial charge in [-0.25, -0.2) is 9.78 Å². The van der Waals surface area contributed by atoms with Crippen LogP contribution in [-0.4, -0.2) is 50.3 Å². The van der Waals surface area contributed by atoms with Crippen LogP contribution in [0.1, 0.15) is 84.6 Å². The SMILES string of the molecule is CC(=O)c1ccc2c(c1)nc(-c1ccccc1C(=O)N1CC=C3C(C)(C)C(c4ccc(C(=O)O)cc4)=CC[C@]3(C)C1)n2CC(C)C. The molecule has 1 aromatic heterocycles. The molecule has 1 aliphatic heterocycles. The Bertz CT molecular complexity index is 1940. The van der Waals surface area contributed by atoms with Gasteiger partial charge in [-0.15, -0.1) is 0 Å². The molecule has 1 amide bonds. The van der Waals surface area contributed by atoms with E-state index in [2.05, 4.69) is 51.3 Å². The number of benzene rings is 3. The van der Waals surface area contributed by atoms with Crippen LogP contribution in [0.25, 0.3) is 28.0 Å². The zero-order chi connectivity index (χ0) is 33.0. The van der Waals surface area contributed by atoms with Gasteiger partial charge in [0, 0.05) is 41.6 Å². The van der Waals surface area contributed by atoms with E-state index in [0.29, 0.717) is 30.1 Å². The first-order valence-corrected chi connectivity index (χ1v) is 16.0. The molecule has 1 N–H and O–H groups in total. The molecule has 6 rings (SSSR count). The van der Waals surface area contributed by atoms with Crippen LogP contribution in [-0.2, 0) is 6.54 Å². The quantitative estimate of drug-likeness (QED) is 0.167. The van der Waals surface area contributed by atoms with Crippen molar-refractivity contribution in [1.82, 2.24) is 14.5 Å². The van der Waals surface area contributed by atoms with E-state index in [-0.39, 0.29) is 28.1 Å². The second-order valence-corrected chi connectivity index (χ2v) is 13.9. The third-order valence-electron chi connectivity index (χ3n) is 9.64. The van der Waals surface area contributed by atoms with Crippen molar-refractivity contribution in [2.75, 3.05) is 13.1 Å². The third-order valence-corrected chi connectivity index (χ3v) is 9.64. The zero-order valence-corrected chi connectivity index (χ0v) is 27.4. The lowest BCUT2D eigenvalue weighted by Gasteiger charge is -2.50. The van der Waals surface area contributed by atoms with Gasteiger partial charge >= 0.3 is 5.97 Å². The monoisotopic (exact) mass is 615 g/mol. The maximum atomic E-state index is 14.4. The number of hydrogen-bond acceptors (Lipinski definition) is 4. The Hall–Kier alpha value is -4.78. The number of Topliss-reactive ketones (excluding diaryl/α,β-unsaturated/α-hetero) is 1. The Morgan fingerprint density at radius 3 is 2.30 bits per heavy atom. The van der Waals surface area contributed by atoms with E-state index in [9.17, 15) is 19.5 Å². The summed E-state index contributed by atoms with van der Waals surface area (Å²) in [7, 11) is 0. The van der Waals surface area contributed by atoms with Crippen LogP contribution >= 0.6 is 0 Å². The molecule has 0 saturated carbocycles. The van der Waals surface area contributed by atoms with Gasteiger partial charge in [0.1, 0.15) is 5.82 Å². The molecule has 0 saturated heterocycles. The Morgan fingerprint density at radius 2 is 1.63 bits per heavy atom. The van der Waals surface area contributed by atoms with Crippen molar-refractivity contribution < 1.29 is 19.5 Å². The lowest BCUT2D eigenvalue weighted by Crippen LogP contribution is -2.48. The van der Waals surface area contributed by atoms with Crippen molar-refractivity contribution in [3.05, 3.63) is 107 Å². The van der Waals surface area contributed by atoms with Gasteiger partial charge in [0.2, 0.25) is 0 Å². The van der Waals surface area contributed by atoms with Crippen molar-refractivity contribution in [3.8, 4) is 11.4 Å². The number of nitrogens with zero attached hydrogens (tertiary/aromatic N) is 3. The van der Waals surface area contributed by atoms with Crippen LogP contribution in [0.15, 0.2) is 84.5 Å². The number of ketones is 1. The molecule has 2 aliphatic rings. The van der Waals surface area contributed by atoms with Gasteiger partial charge in [0.05, 0.1) is 22.2 Å². The fourth-order valence-corrected chi connectivity index (χ4v) is 7.50. The molecule has 7 nitrogen and oxygen atoms in total. The first kappa shape index (κ1) is 31.2. The summed E-state index contributed by atoms with van der Waals surface area (Å²) in [5.41, 5.74) is 6.94. The van der Waals surface area contributed by atoms with Crippen molar-refractivity contribution >= 4 is 34.3 Å². The number of amides is 1. The lowest BCUT2D eigenvalue weighted by molar-refractivity contribution is 0.0679. The minimum atomic E-state index is -0.934. The van der Waals surface area contributed by atoms with E-state index in [1.165, 1.54) is 11.1 Å². The number of imidazole rings is 1. The van der Waals surface area contributed by atoms with E-state index in [0.717, 1.165) is 41.0 Å². The van der Waals surface area contributed by atoms with Crippen LogP contribution < -0.4 is 0 Å². The van der Waals surface area contributed by atoms with Gasteiger partial charge in [-0.2, -0.15) is 0 Å². The standard InChI is InChI=1S/C39H41N3O4/c1-24(2)22-42-33-16-15-28(25(3)43)21-32(33)40-35(42)29-9-7-8-10-30(29)36(44)41-20-18-34-38(4,5)31(17-19-39(34,6)23-41)26-11-13-27(14-12-26)37(45)46/h7-18,21,24H,19-20,22-23H2,1-6H3,(H,45,46)/t39-/m1/s1. The molecule has 0 unspecified atom stereocenters. The van der Waals surface area contributed by atoms with Crippen molar-refractivity contribution in [2.45, 2.75) is 54.5 Å². The summed E-state index contributed by atoms with van der Waals surface area (Å²) in [5, 5.41) is 9.35. The predicted octanol–water partition coefficient (Wildman–Crippen LogP) is 8.16. The Morgan fingerprint density at radius 1 is 0.935 bits per heavy atom. The Labute approximate surface area is 270 Å². The van der Waals surface area contributed by atoms with E-state index in [1.54, 1.807) is 19.1 Å². The largest absolute Gasteiger partial charge is 0.478 e. The average molecular weight is 616 g/mol. The number of fused-ring (bicyclic) bond motifs is 2. The summed E-state index contributed by atoms with van der Waals surface area (Å²) in [6.45, 7) is 14.4. The molecule has 46 heavy (non-hydrogen) atoms. The summed E-state index contributed by atoms with van der Waals surface area (Å²) in [6.07, 6.45) is 5.25. The normalized spacial score (nSPS) is 19.1. The first-order chi connectivity index (χ1) is 21.8. The maximum Gasteiger partial charge on any atom is 0.335 e. The number of rotatable bonds is 7. The molecule has 0 fully saturated rings. The number of carbonyl (C=O) groups is 3. The number of carboxylic acids is 1. The summed E-state index contributed by atoms with van der Waals surface area (Å²) in [6, 6.07) is 20.5. The van der Waals surface area contributed by atoms with Crippen LogP contribution in [0.4, 0.5) is 0 Å². The maximum absolute atomic E-state index is 14.4. The number of carbonyl (C=O) groups excluding carboxylic acids is 2. The number of aromatic nitrogens is 2. The highest BCUT2D eigenvalue weighted by molar-refractivity contribution is 6.02. The van der Waals surface area contributed by atoms with Crippen LogP contribution in [0, 0.1) is 16.7 Å². The lowest BCUT2D eigenvalue weighted by atomic mass is 9.58. The molecule has 7 heteroatoms. The molecule has 4 aromatic rings. The molecule has 0 radical (unpaired) electrons. The van der Waals surface area contributed by atoms with Crippen LogP contribution in [0.2, 0.25) is 0 Å². The molecule has 0 spiro atoms. The minimum Gasteiger partial charge on any atom is -0.478 e. The van der Waals surface area contributed by atoms with Crippen LogP contribution in [0.5, 0.6) is 0 Å². The molecule has 1 aliphatic carbocycles. The Balaban J connectivity index is 1.34. The predicted molar refractivity (Wildman–Crippen MR) is 182 cm³/mol. The summed E-state index contributed by atoms with van der Waals surface area (Å²) >= 11 is 0. The van der Waals surface area contributed by atoms with E-state index in [1.807, 2.05) is 59.5 Å². The second kappa shape index (κ2) is 11.5. The topological polar surface area (TPSA) is 92.5 Å². The number of hydrogen-bond donors (Lipinski definition) is 1. The molecule has 2 heterocycles. The molecule has 0 bridgehead atoms. The first-order valence-electron chi connectivity index (χ1n) is 16.0. The van der Waals surface area contributed by atoms with Crippen molar-refractivity contribution in [1.29, 1.82) is 0 Å². The highest BCUT2D eigenvalue weighted by Crippen LogP contribution is 2.55. The molecule has 236 valence electrons. The van der Waals surface area contributed by atoms with Crippen LogP contribution in [0.3, 0.4) is 0 Å². The highest BCUT2D eigenvalue weighted by atomic mass is 16.4. The molecular weight excluding hydrogens is 574 g/mol. The van der Waals surface area contributed by atoms with Gasteiger partial charge in [-0.05, 0) is 66.8 Å². The number of aromatic carboxylic acids is 1. The van der Waals surface area contributed by atoms with E-state index < -0.39 is 5.97 Å². The third kappa shape index (κ3) is 5.38. The number of carboxylic acid groups (broad SMARTS) is 1. The fourth-order valence-electron chi connectivity index (χ4n) is 7.50. The van der Waals surface area contributed by atoms with Crippen molar-refractivity contribution in [3.63, 3.8) is 0 Å². The second-order valence-electron chi connectivity index (χ2n) is 13.9. The Kier molecular flexibility index (Phi) is 7.83. The summed E-state index contributed by atoms with van der Waals surface area (Å²) in [4.78, 5) is 44.9. The number of allylic oxidation sites excluding steroid dienone is 2. The summed E-state index contributed by atoms with van der Waals surface area (Å²) < 4.78 is 2.17. The average Bonchev–Trinajstić information content (AvgIpc) is 3.37. The van der Waals surface area contributed by atoms with Gasteiger partial charge in [-0.3, -0.25) is 9.59 Å². The van der Waals surface area contributed by atoms with Crippen molar-refractivity contribution in [2.24, 2.45) is 16.7 Å². The van der Waals surface area contributed by atoms with Gasteiger partial charge in [0.15, 0.2) is 5.78 Å². The zero-order valence-electron chi connectivity index (χ0n) is 27.4. The fraction of sp³-hybridized carbons (Fsp3) is 0.333. The molecule has 1 atom stereocenters. The van der Waals surface area contributed by atoms with E-state index >= 15 is 0 Å². The molecular formula is C39H41N3O4. The van der Waals surface area contributed by atoms with Gasteiger partial charge in [-0.1, -0.05) is 82.7 Å². The van der Waals surface area contributed by atoms with Gasteiger partial charge in [0.25, 0.3) is 5.91 Å². The smallest absolute Gasteiger partial charge is 0.335 e. The molecule has 3 aromatic carbocycles.